The van der Waals surface area contributed by atoms with Crippen molar-refractivity contribution in [3.63, 3.8) is 0 Å². The zero-order valence-electron chi connectivity index (χ0n) is 11.3. The molecular formula is C16H22N2O. The second kappa shape index (κ2) is 5.74. The monoisotopic (exact) mass is 258 g/mol. The van der Waals surface area contributed by atoms with Gasteiger partial charge in [-0.15, -0.1) is 0 Å². The number of amides is 1. The lowest BCUT2D eigenvalue weighted by Gasteiger charge is -2.23. The number of carbonyl (C=O) groups excluding carboxylic acids is 1. The van der Waals surface area contributed by atoms with Crippen molar-refractivity contribution in [2.45, 2.75) is 38.3 Å². The SMILES string of the molecule is O=C(NCC1CC1)C1CCCN1Cc1ccccc1. The van der Waals surface area contributed by atoms with Crippen molar-refractivity contribution < 1.29 is 4.79 Å². The lowest BCUT2D eigenvalue weighted by Crippen LogP contribution is -2.43. The Morgan fingerprint density at radius 2 is 2.00 bits per heavy atom. The van der Waals surface area contributed by atoms with Gasteiger partial charge in [0.25, 0.3) is 0 Å². The van der Waals surface area contributed by atoms with Crippen LogP contribution in [0, 0.1) is 5.92 Å². The van der Waals surface area contributed by atoms with Crippen molar-refractivity contribution >= 4 is 5.91 Å². The molecule has 1 saturated carbocycles. The second-order valence-corrected chi connectivity index (χ2v) is 5.80. The van der Waals surface area contributed by atoms with Crippen LogP contribution in [-0.4, -0.2) is 29.9 Å². The Morgan fingerprint density at radius 3 is 2.74 bits per heavy atom. The molecule has 1 saturated heterocycles. The van der Waals surface area contributed by atoms with Gasteiger partial charge in [0.2, 0.25) is 5.91 Å². The molecule has 0 spiro atoms. The first kappa shape index (κ1) is 12.7. The summed E-state index contributed by atoms with van der Waals surface area (Å²) in [5.74, 6) is 0.994. The molecule has 0 bridgehead atoms. The van der Waals surface area contributed by atoms with Crippen LogP contribution in [0.2, 0.25) is 0 Å². The second-order valence-electron chi connectivity index (χ2n) is 5.80. The summed E-state index contributed by atoms with van der Waals surface area (Å²) >= 11 is 0. The molecular weight excluding hydrogens is 236 g/mol. The topological polar surface area (TPSA) is 32.3 Å². The smallest absolute Gasteiger partial charge is 0.237 e. The molecule has 1 aliphatic heterocycles. The Labute approximate surface area is 115 Å². The van der Waals surface area contributed by atoms with Crippen molar-refractivity contribution in [2.24, 2.45) is 5.92 Å². The van der Waals surface area contributed by atoms with Crippen LogP contribution in [-0.2, 0) is 11.3 Å². The van der Waals surface area contributed by atoms with Gasteiger partial charge in [0.1, 0.15) is 0 Å². The predicted octanol–water partition coefficient (Wildman–Crippen LogP) is 2.18. The maximum absolute atomic E-state index is 12.2. The van der Waals surface area contributed by atoms with E-state index in [1.54, 1.807) is 0 Å². The maximum atomic E-state index is 12.2. The largest absolute Gasteiger partial charge is 0.354 e. The van der Waals surface area contributed by atoms with Crippen LogP contribution in [0.5, 0.6) is 0 Å². The van der Waals surface area contributed by atoms with Crippen LogP contribution in [0.1, 0.15) is 31.2 Å². The molecule has 1 N–H and O–H groups in total. The number of nitrogens with zero attached hydrogens (tertiary/aromatic N) is 1. The van der Waals surface area contributed by atoms with Gasteiger partial charge in [-0.05, 0) is 43.7 Å². The van der Waals surface area contributed by atoms with E-state index in [-0.39, 0.29) is 11.9 Å². The molecule has 1 aliphatic carbocycles. The van der Waals surface area contributed by atoms with Crippen molar-refractivity contribution in [3.8, 4) is 0 Å². The van der Waals surface area contributed by atoms with Gasteiger partial charge in [-0.25, -0.2) is 0 Å². The molecule has 102 valence electrons. The number of likely N-dealkylation sites (tertiary alicyclic amines) is 1. The van der Waals surface area contributed by atoms with Gasteiger partial charge in [0.15, 0.2) is 0 Å². The highest BCUT2D eigenvalue weighted by Crippen LogP contribution is 2.28. The van der Waals surface area contributed by atoms with E-state index in [1.165, 1.54) is 18.4 Å². The van der Waals surface area contributed by atoms with E-state index >= 15 is 0 Å². The molecule has 0 radical (unpaired) electrons. The predicted molar refractivity (Wildman–Crippen MR) is 75.6 cm³/mol. The minimum atomic E-state index is 0.0824. The van der Waals surface area contributed by atoms with Gasteiger partial charge < -0.3 is 5.32 Å². The Balaban J connectivity index is 1.55. The minimum Gasteiger partial charge on any atom is -0.354 e. The lowest BCUT2D eigenvalue weighted by atomic mass is 10.1. The zero-order chi connectivity index (χ0) is 13.1. The fourth-order valence-corrected chi connectivity index (χ4v) is 2.81. The van der Waals surface area contributed by atoms with Crippen LogP contribution in [0.4, 0.5) is 0 Å². The molecule has 1 atom stereocenters. The third-order valence-electron chi connectivity index (χ3n) is 4.16. The Morgan fingerprint density at radius 1 is 1.21 bits per heavy atom. The minimum absolute atomic E-state index is 0.0824. The molecule has 3 heteroatoms. The maximum Gasteiger partial charge on any atom is 0.237 e. The van der Waals surface area contributed by atoms with Gasteiger partial charge in [0.05, 0.1) is 6.04 Å². The standard InChI is InChI=1S/C16H22N2O/c19-16(17-11-13-8-9-13)15-7-4-10-18(15)12-14-5-2-1-3-6-14/h1-3,5-6,13,15H,4,7-12H2,(H,17,19). The van der Waals surface area contributed by atoms with E-state index in [9.17, 15) is 4.79 Å². The molecule has 0 aromatic heterocycles. The normalized spacial score (nSPS) is 23.5. The third kappa shape index (κ3) is 3.35. The van der Waals surface area contributed by atoms with Gasteiger partial charge in [0, 0.05) is 13.1 Å². The van der Waals surface area contributed by atoms with Gasteiger partial charge >= 0.3 is 0 Å². The van der Waals surface area contributed by atoms with Crippen molar-refractivity contribution in [3.05, 3.63) is 35.9 Å². The number of benzene rings is 1. The summed E-state index contributed by atoms with van der Waals surface area (Å²) < 4.78 is 0. The molecule has 1 aromatic rings. The molecule has 1 aromatic carbocycles. The Hall–Kier alpha value is -1.35. The van der Waals surface area contributed by atoms with Gasteiger partial charge in [-0.3, -0.25) is 9.69 Å². The van der Waals surface area contributed by atoms with Crippen LogP contribution in [0.3, 0.4) is 0 Å². The first-order chi connectivity index (χ1) is 9.33. The molecule has 1 unspecified atom stereocenters. The summed E-state index contributed by atoms with van der Waals surface area (Å²) in [5, 5.41) is 3.12. The summed E-state index contributed by atoms with van der Waals surface area (Å²) in [4.78, 5) is 14.5. The average molecular weight is 258 g/mol. The first-order valence-electron chi connectivity index (χ1n) is 7.38. The summed E-state index contributed by atoms with van der Waals surface area (Å²) in [7, 11) is 0. The van der Waals surface area contributed by atoms with Crippen LogP contribution < -0.4 is 5.32 Å². The fraction of sp³-hybridized carbons (Fsp3) is 0.562. The number of nitrogens with one attached hydrogen (secondary N) is 1. The highest BCUT2D eigenvalue weighted by atomic mass is 16.2. The van der Waals surface area contributed by atoms with E-state index in [2.05, 4.69) is 34.5 Å². The number of hydrogen-bond donors (Lipinski definition) is 1. The Bertz CT molecular complexity index is 428. The molecule has 3 rings (SSSR count). The molecule has 2 aliphatic rings. The molecule has 1 heterocycles. The van der Waals surface area contributed by atoms with Crippen molar-refractivity contribution in [2.75, 3.05) is 13.1 Å². The highest BCUT2D eigenvalue weighted by Gasteiger charge is 2.31. The van der Waals surface area contributed by atoms with E-state index < -0.39 is 0 Å². The van der Waals surface area contributed by atoms with Crippen LogP contribution in [0.15, 0.2) is 30.3 Å². The number of rotatable bonds is 5. The molecule has 19 heavy (non-hydrogen) atoms. The van der Waals surface area contributed by atoms with Crippen LogP contribution in [0.25, 0.3) is 0 Å². The summed E-state index contributed by atoms with van der Waals surface area (Å²) in [6.07, 6.45) is 4.72. The Kier molecular flexibility index (Phi) is 3.83. The van der Waals surface area contributed by atoms with E-state index in [1.807, 2.05) is 6.07 Å². The summed E-state index contributed by atoms with van der Waals surface area (Å²) in [6.45, 7) is 2.81. The van der Waals surface area contributed by atoms with Gasteiger partial charge in [-0.2, -0.15) is 0 Å². The van der Waals surface area contributed by atoms with E-state index in [0.717, 1.165) is 38.4 Å². The molecule has 3 nitrogen and oxygen atoms in total. The lowest BCUT2D eigenvalue weighted by molar-refractivity contribution is -0.125. The van der Waals surface area contributed by atoms with Crippen molar-refractivity contribution in [1.29, 1.82) is 0 Å². The summed E-state index contributed by atoms with van der Waals surface area (Å²) in [5.41, 5.74) is 1.30. The zero-order valence-corrected chi connectivity index (χ0v) is 11.3. The molecule has 1 amide bonds. The quantitative estimate of drug-likeness (QED) is 0.878. The molecule has 2 fully saturated rings. The number of hydrogen-bond acceptors (Lipinski definition) is 2. The first-order valence-corrected chi connectivity index (χ1v) is 7.38. The fourth-order valence-electron chi connectivity index (χ4n) is 2.81. The summed E-state index contributed by atoms with van der Waals surface area (Å²) in [6, 6.07) is 10.5. The average Bonchev–Trinajstić information content (AvgIpc) is 3.16. The third-order valence-corrected chi connectivity index (χ3v) is 4.16. The highest BCUT2D eigenvalue weighted by molar-refractivity contribution is 5.82. The van der Waals surface area contributed by atoms with Crippen molar-refractivity contribution in [1.82, 2.24) is 10.2 Å². The number of carbonyl (C=O) groups is 1. The van der Waals surface area contributed by atoms with E-state index in [0.29, 0.717) is 0 Å². The van der Waals surface area contributed by atoms with Crippen LogP contribution >= 0.6 is 0 Å². The van der Waals surface area contributed by atoms with E-state index in [4.69, 9.17) is 0 Å². The van der Waals surface area contributed by atoms with Gasteiger partial charge in [-0.1, -0.05) is 30.3 Å².